The van der Waals surface area contributed by atoms with Gasteiger partial charge in [0.05, 0.1) is 17.5 Å². The third-order valence-electron chi connectivity index (χ3n) is 3.30. The Morgan fingerprint density at radius 2 is 1.90 bits per heavy atom. The van der Waals surface area contributed by atoms with Crippen molar-refractivity contribution in [2.45, 2.75) is 20.3 Å². The summed E-state index contributed by atoms with van der Waals surface area (Å²) in [5.41, 5.74) is 2.43. The molecule has 2 aromatic rings. The maximum Gasteiger partial charge on any atom is 0.336 e. The number of aromatic nitrogens is 2. The Bertz CT molecular complexity index is 663. The molecule has 0 atom stereocenters. The minimum Gasteiger partial charge on any atom is -0.478 e. The van der Waals surface area contributed by atoms with Gasteiger partial charge in [0.15, 0.2) is 0 Å². The number of hydrogen-bond acceptors (Lipinski definition) is 3. The van der Waals surface area contributed by atoms with Gasteiger partial charge in [-0.05, 0) is 25.0 Å². The number of carboxylic acids is 1. The van der Waals surface area contributed by atoms with Gasteiger partial charge in [-0.25, -0.2) is 9.78 Å². The van der Waals surface area contributed by atoms with Gasteiger partial charge in [0, 0.05) is 24.9 Å². The normalized spacial score (nSPS) is 10.4. The van der Waals surface area contributed by atoms with Crippen LogP contribution in [0, 0.1) is 13.8 Å². The Hall–Kier alpha value is -2.63. The van der Waals surface area contributed by atoms with Gasteiger partial charge in [0.25, 0.3) is 5.91 Å². The third-order valence-corrected chi connectivity index (χ3v) is 3.30. The molecule has 1 heterocycles. The molecular formula is C15H17N3O3. The quantitative estimate of drug-likeness (QED) is 0.780. The second-order valence-corrected chi connectivity index (χ2v) is 4.84. The number of aromatic carboxylic acids is 1. The molecule has 0 bridgehead atoms. The number of nitrogens with zero attached hydrogens (tertiary/aromatic N) is 1. The summed E-state index contributed by atoms with van der Waals surface area (Å²) in [5.74, 6) is -1.46. The van der Waals surface area contributed by atoms with Crippen molar-refractivity contribution >= 4 is 11.9 Å². The first-order chi connectivity index (χ1) is 10.0. The molecule has 6 nitrogen and oxygen atoms in total. The minimum absolute atomic E-state index is 0.0639. The molecule has 0 fully saturated rings. The monoisotopic (exact) mass is 287 g/mol. The van der Waals surface area contributed by atoms with Crippen LogP contribution in [0.1, 0.15) is 37.5 Å². The molecule has 0 unspecified atom stereocenters. The van der Waals surface area contributed by atoms with Crippen LogP contribution in [0.3, 0.4) is 0 Å². The fraction of sp³-hybridized carbons (Fsp3) is 0.267. The summed E-state index contributed by atoms with van der Waals surface area (Å²) in [6.45, 7) is 3.83. The molecule has 6 heteroatoms. The van der Waals surface area contributed by atoms with Crippen molar-refractivity contribution in [2.24, 2.45) is 0 Å². The zero-order chi connectivity index (χ0) is 15.4. The lowest BCUT2D eigenvalue weighted by molar-refractivity contribution is 0.0690. The molecule has 0 saturated carbocycles. The van der Waals surface area contributed by atoms with Gasteiger partial charge in [0.1, 0.15) is 0 Å². The number of carbonyl (C=O) groups is 2. The maximum absolute atomic E-state index is 12.3. The van der Waals surface area contributed by atoms with Crippen LogP contribution >= 0.6 is 0 Å². The highest BCUT2D eigenvalue weighted by atomic mass is 16.4. The summed E-state index contributed by atoms with van der Waals surface area (Å²) in [5, 5.41) is 12.1. The van der Waals surface area contributed by atoms with Gasteiger partial charge in [-0.3, -0.25) is 4.79 Å². The van der Waals surface area contributed by atoms with Crippen molar-refractivity contribution < 1.29 is 14.7 Å². The van der Waals surface area contributed by atoms with Gasteiger partial charge in [-0.2, -0.15) is 0 Å². The van der Waals surface area contributed by atoms with Gasteiger partial charge >= 0.3 is 5.97 Å². The van der Waals surface area contributed by atoms with E-state index in [4.69, 9.17) is 0 Å². The molecule has 2 rings (SSSR count). The highest BCUT2D eigenvalue weighted by molar-refractivity contribution is 6.06. The van der Waals surface area contributed by atoms with E-state index in [0.29, 0.717) is 24.1 Å². The molecule has 110 valence electrons. The van der Waals surface area contributed by atoms with E-state index in [1.807, 2.05) is 0 Å². The predicted octanol–water partition coefficient (Wildman–Crippen LogP) is 1.70. The average Bonchev–Trinajstić information content (AvgIpc) is 2.93. The highest BCUT2D eigenvalue weighted by Gasteiger charge is 2.20. The minimum atomic E-state index is -1.09. The largest absolute Gasteiger partial charge is 0.478 e. The van der Waals surface area contributed by atoms with Crippen LogP contribution in [0.4, 0.5) is 0 Å². The van der Waals surface area contributed by atoms with Gasteiger partial charge in [-0.1, -0.05) is 12.1 Å². The van der Waals surface area contributed by atoms with Crippen molar-refractivity contribution in [3.63, 3.8) is 0 Å². The molecule has 1 aromatic carbocycles. The second kappa shape index (κ2) is 6.21. The molecule has 0 aliphatic rings. The van der Waals surface area contributed by atoms with Gasteiger partial charge in [0.2, 0.25) is 0 Å². The number of imidazole rings is 1. The smallest absolute Gasteiger partial charge is 0.336 e. The fourth-order valence-electron chi connectivity index (χ4n) is 2.20. The zero-order valence-corrected chi connectivity index (χ0v) is 11.9. The summed E-state index contributed by atoms with van der Waals surface area (Å²) in [6.07, 6.45) is 3.87. The van der Waals surface area contributed by atoms with Crippen LogP contribution in [0.5, 0.6) is 0 Å². The molecule has 0 saturated heterocycles. The van der Waals surface area contributed by atoms with Crippen LogP contribution in [-0.2, 0) is 6.42 Å². The zero-order valence-electron chi connectivity index (χ0n) is 11.9. The van der Waals surface area contributed by atoms with Crippen molar-refractivity contribution in [1.82, 2.24) is 15.3 Å². The number of benzene rings is 1. The fourth-order valence-corrected chi connectivity index (χ4v) is 2.20. The van der Waals surface area contributed by atoms with Crippen LogP contribution < -0.4 is 5.32 Å². The summed E-state index contributed by atoms with van der Waals surface area (Å²) in [4.78, 5) is 30.5. The molecule has 0 radical (unpaired) electrons. The number of rotatable bonds is 5. The van der Waals surface area contributed by atoms with Crippen molar-refractivity contribution in [3.8, 4) is 0 Å². The molecule has 1 aromatic heterocycles. The topological polar surface area (TPSA) is 95.1 Å². The molecule has 0 aliphatic heterocycles. The van der Waals surface area contributed by atoms with E-state index in [-0.39, 0.29) is 17.0 Å². The first-order valence-corrected chi connectivity index (χ1v) is 6.59. The van der Waals surface area contributed by atoms with Crippen LogP contribution in [0.15, 0.2) is 24.7 Å². The molecule has 3 N–H and O–H groups in total. The average molecular weight is 287 g/mol. The Labute approximate surface area is 122 Å². The lowest BCUT2D eigenvalue weighted by Crippen LogP contribution is -2.28. The van der Waals surface area contributed by atoms with E-state index in [9.17, 15) is 14.7 Å². The van der Waals surface area contributed by atoms with E-state index in [2.05, 4.69) is 15.3 Å². The van der Waals surface area contributed by atoms with E-state index >= 15 is 0 Å². The summed E-state index contributed by atoms with van der Waals surface area (Å²) in [6, 6.07) is 3.46. The number of aromatic amines is 1. The summed E-state index contributed by atoms with van der Waals surface area (Å²) >= 11 is 0. The summed E-state index contributed by atoms with van der Waals surface area (Å²) in [7, 11) is 0. The van der Waals surface area contributed by atoms with Crippen LogP contribution in [0.2, 0.25) is 0 Å². The lowest BCUT2D eigenvalue weighted by Gasteiger charge is -2.12. The van der Waals surface area contributed by atoms with E-state index in [1.165, 1.54) is 0 Å². The highest BCUT2D eigenvalue weighted by Crippen LogP contribution is 2.18. The van der Waals surface area contributed by atoms with Crippen LogP contribution in [-0.4, -0.2) is 33.5 Å². The number of amides is 1. The van der Waals surface area contributed by atoms with E-state index in [0.717, 1.165) is 5.69 Å². The van der Waals surface area contributed by atoms with E-state index in [1.54, 1.807) is 38.5 Å². The summed E-state index contributed by atoms with van der Waals surface area (Å²) < 4.78 is 0. The molecule has 0 spiro atoms. The van der Waals surface area contributed by atoms with Crippen molar-refractivity contribution in [3.05, 3.63) is 52.6 Å². The van der Waals surface area contributed by atoms with E-state index < -0.39 is 5.97 Å². The first kappa shape index (κ1) is 14.8. The predicted molar refractivity (Wildman–Crippen MR) is 77.5 cm³/mol. The Balaban J connectivity index is 2.15. The number of carboxylic acid groups (broad SMARTS) is 1. The number of hydrogen-bond donors (Lipinski definition) is 3. The number of nitrogens with one attached hydrogen (secondary N) is 2. The SMILES string of the molecule is Cc1ccc(C)c(C(=O)NCCc2cnc[nH]2)c1C(=O)O. The third kappa shape index (κ3) is 3.28. The maximum atomic E-state index is 12.3. The number of H-pyrrole nitrogens is 1. The molecule has 0 aliphatic carbocycles. The standard InChI is InChI=1S/C15H17N3O3/c1-9-3-4-10(2)13(15(20)21)12(9)14(19)17-6-5-11-7-16-8-18-11/h3-4,7-8H,5-6H2,1-2H3,(H,16,18)(H,17,19)(H,20,21). The van der Waals surface area contributed by atoms with Gasteiger partial charge in [-0.15, -0.1) is 0 Å². The Morgan fingerprint density at radius 1 is 1.24 bits per heavy atom. The van der Waals surface area contributed by atoms with Gasteiger partial charge < -0.3 is 15.4 Å². The molecule has 21 heavy (non-hydrogen) atoms. The first-order valence-electron chi connectivity index (χ1n) is 6.59. The Morgan fingerprint density at radius 3 is 2.48 bits per heavy atom. The molecule has 1 amide bonds. The van der Waals surface area contributed by atoms with Crippen LogP contribution in [0.25, 0.3) is 0 Å². The lowest BCUT2D eigenvalue weighted by atomic mass is 9.96. The number of aryl methyl sites for hydroxylation is 2. The Kier molecular flexibility index (Phi) is 4.37. The van der Waals surface area contributed by atoms with Crippen molar-refractivity contribution in [2.75, 3.05) is 6.54 Å². The number of carbonyl (C=O) groups excluding carboxylic acids is 1. The second-order valence-electron chi connectivity index (χ2n) is 4.84. The van der Waals surface area contributed by atoms with Crippen molar-refractivity contribution in [1.29, 1.82) is 0 Å². The molecular weight excluding hydrogens is 270 g/mol.